The van der Waals surface area contributed by atoms with Crippen molar-refractivity contribution in [1.29, 1.82) is 0 Å². The molecule has 1 aromatic heterocycles. The van der Waals surface area contributed by atoms with Crippen molar-refractivity contribution in [1.82, 2.24) is 9.78 Å². The van der Waals surface area contributed by atoms with Gasteiger partial charge in [0, 0.05) is 18.0 Å². The lowest BCUT2D eigenvalue weighted by atomic mass is 9.82. The van der Waals surface area contributed by atoms with Crippen molar-refractivity contribution < 1.29 is 13.7 Å². The van der Waals surface area contributed by atoms with Gasteiger partial charge in [-0.15, -0.1) is 0 Å². The van der Waals surface area contributed by atoms with Gasteiger partial charge in [0.15, 0.2) is 0 Å². The molecule has 3 rings (SSSR count). The van der Waals surface area contributed by atoms with Crippen LogP contribution in [0.3, 0.4) is 0 Å². The predicted octanol–water partition coefficient (Wildman–Crippen LogP) is 4.27. The summed E-state index contributed by atoms with van der Waals surface area (Å²) >= 11 is 0. The molecular weight excluding hydrogens is 342 g/mol. The molecular formula is C21H24BFN2O2. The Balaban J connectivity index is 1.88. The lowest BCUT2D eigenvalue weighted by Gasteiger charge is -2.32. The number of aromatic nitrogens is 2. The van der Waals surface area contributed by atoms with Crippen LogP contribution in [0, 0.1) is 11.8 Å². The maximum absolute atomic E-state index is 15.2. The van der Waals surface area contributed by atoms with Gasteiger partial charge in [0.05, 0.1) is 11.2 Å². The quantitative estimate of drug-likeness (QED) is 0.601. The normalized spacial score (nSPS) is 18.7. The highest BCUT2D eigenvalue weighted by Gasteiger charge is 2.53. The van der Waals surface area contributed by atoms with E-state index in [1.807, 2.05) is 64.2 Å². The zero-order chi connectivity index (χ0) is 19.7. The molecule has 0 bridgehead atoms. The summed E-state index contributed by atoms with van der Waals surface area (Å²) in [5.41, 5.74) is 0.371. The fourth-order valence-corrected chi connectivity index (χ4v) is 2.78. The van der Waals surface area contributed by atoms with E-state index in [1.54, 1.807) is 17.8 Å². The van der Waals surface area contributed by atoms with Crippen molar-refractivity contribution in [3.05, 3.63) is 59.6 Å². The van der Waals surface area contributed by atoms with Crippen molar-refractivity contribution in [2.45, 2.75) is 52.4 Å². The predicted molar refractivity (Wildman–Crippen MR) is 105 cm³/mol. The molecule has 1 aromatic carbocycles. The smallest absolute Gasteiger partial charge is 0.398 e. The molecule has 0 N–H and O–H groups in total. The molecule has 2 aromatic rings. The second-order valence-electron chi connectivity index (χ2n) is 7.61. The Morgan fingerprint density at radius 3 is 2.44 bits per heavy atom. The van der Waals surface area contributed by atoms with E-state index >= 15 is 4.39 Å². The van der Waals surface area contributed by atoms with Crippen LogP contribution in [0.4, 0.5) is 4.39 Å². The zero-order valence-corrected chi connectivity index (χ0v) is 16.4. The molecule has 1 aliphatic heterocycles. The molecule has 2 heterocycles. The van der Waals surface area contributed by atoms with E-state index < -0.39 is 24.0 Å². The van der Waals surface area contributed by atoms with E-state index in [2.05, 4.69) is 16.9 Å². The topological polar surface area (TPSA) is 36.3 Å². The molecule has 140 valence electrons. The minimum absolute atomic E-state index is 0.421. The Labute approximate surface area is 160 Å². The van der Waals surface area contributed by atoms with Crippen LogP contribution in [0.1, 0.15) is 45.7 Å². The summed E-state index contributed by atoms with van der Waals surface area (Å²) < 4.78 is 28.6. The van der Waals surface area contributed by atoms with Gasteiger partial charge in [-0.1, -0.05) is 30.0 Å². The van der Waals surface area contributed by atoms with Crippen molar-refractivity contribution >= 4 is 12.7 Å². The maximum atomic E-state index is 15.2. The fourth-order valence-electron chi connectivity index (χ4n) is 2.78. The second kappa shape index (κ2) is 7.34. The molecule has 1 aliphatic rings. The molecule has 4 nitrogen and oxygen atoms in total. The SMILES string of the molecule is CC(=C(F)B1OC(C)(C)C(C)(C)O1)c1ccccc1C#CCn1cccn1. The molecule has 0 spiro atoms. The van der Waals surface area contributed by atoms with Crippen LogP contribution >= 0.6 is 0 Å². The summed E-state index contributed by atoms with van der Waals surface area (Å²) in [4.78, 5) is 0. The first-order valence-electron chi connectivity index (χ1n) is 8.99. The van der Waals surface area contributed by atoms with Crippen LogP contribution in [-0.4, -0.2) is 28.1 Å². The number of benzene rings is 1. The van der Waals surface area contributed by atoms with Crippen LogP contribution in [0.2, 0.25) is 0 Å². The molecule has 0 unspecified atom stereocenters. The van der Waals surface area contributed by atoms with Gasteiger partial charge < -0.3 is 9.31 Å². The van der Waals surface area contributed by atoms with Gasteiger partial charge >= 0.3 is 7.12 Å². The number of nitrogens with zero attached hydrogens (tertiary/aromatic N) is 2. The number of hydrogen-bond acceptors (Lipinski definition) is 3. The summed E-state index contributed by atoms with van der Waals surface area (Å²) in [6.45, 7) is 9.83. The summed E-state index contributed by atoms with van der Waals surface area (Å²) in [5.74, 6) is 6.19. The lowest BCUT2D eigenvalue weighted by Crippen LogP contribution is -2.41. The van der Waals surface area contributed by atoms with E-state index in [9.17, 15) is 0 Å². The highest BCUT2D eigenvalue weighted by atomic mass is 19.1. The van der Waals surface area contributed by atoms with E-state index in [-0.39, 0.29) is 0 Å². The van der Waals surface area contributed by atoms with E-state index in [4.69, 9.17) is 9.31 Å². The average molecular weight is 366 g/mol. The van der Waals surface area contributed by atoms with Crippen molar-refractivity contribution in [2.24, 2.45) is 0 Å². The number of halogens is 1. The fraction of sp³-hybridized carbons (Fsp3) is 0.381. The van der Waals surface area contributed by atoms with Crippen LogP contribution in [0.15, 0.2) is 48.5 Å². The van der Waals surface area contributed by atoms with E-state index in [0.717, 1.165) is 11.1 Å². The summed E-state index contributed by atoms with van der Waals surface area (Å²) in [6, 6.07) is 9.35. The van der Waals surface area contributed by atoms with Gasteiger partial charge in [-0.05, 0) is 57.9 Å². The molecule has 1 saturated heterocycles. The van der Waals surface area contributed by atoms with Gasteiger partial charge in [-0.25, -0.2) is 4.39 Å². The highest BCUT2D eigenvalue weighted by Crippen LogP contribution is 2.40. The third-order valence-corrected chi connectivity index (χ3v) is 5.17. The minimum atomic E-state index is -1.01. The standard InChI is InChI=1S/C21H24BFN2O2/c1-16(19(23)22-26-20(2,3)21(4,5)27-22)18-12-7-6-10-17(18)11-8-14-25-15-9-13-24-25/h6-7,9-10,12-13,15H,14H2,1-5H3. The van der Waals surface area contributed by atoms with E-state index in [0.29, 0.717) is 12.1 Å². The van der Waals surface area contributed by atoms with Crippen molar-refractivity contribution in [3.8, 4) is 11.8 Å². The van der Waals surface area contributed by atoms with Gasteiger partial charge in [0.2, 0.25) is 0 Å². The molecule has 0 radical (unpaired) electrons. The first kappa shape index (κ1) is 19.4. The molecule has 0 atom stereocenters. The van der Waals surface area contributed by atoms with E-state index in [1.165, 1.54) is 0 Å². The Morgan fingerprint density at radius 1 is 1.15 bits per heavy atom. The average Bonchev–Trinajstić information content (AvgIpc) is 3.20. The van der Waals surface area contributed by atoms with Crippen LogP contribution in [0.5, 0.6) is 0 Å². The second-order valence-corrected chi connectivity index (χ2v) is 7.61. The Morgan fingerprint density at radius 2 is 1.81 bits per heavy atom. The zero-order valence-electron chi connectivity index (χ0n) is 16.4. The summed E-state index contributed by atoms with van der Waals surface area (Å²) in [6.07, 6.45) is 3.56. The van der Waals surface area contributed by atoms with Crippen molar-refractivity contribution in [2.75, 3.05) is 0 Å². The third kappa shape index (κ3) is 4.00. The molecule has 27 heavy (non-hydrogen) atoms. The van der Waals surface area contributed by atoms with Gasteiger partial charge in [-0.2, -0.15) is 5.10 Å². The molecule has 0 aliphatic carbocycles. The van der Waals surface area contributed by atoms with Gasteiger partial charge in [-0.3, -0.25) is 4.68 Å². The minimum Gasteiger partial charge on any atom is -0.398 e. The number of hydrogen-bond donors (Lipinski definition) is 0. The van der Waals surface area contributed by atoms with Crippen LogP contribution in [-0.2, 0) is 15.9 Å². The Bertz CT molecular complexity index is 892. The van der Waals surface area contributed by atoms with Gasteiger partial charge in [0.25, 0.3) is 0 Å². The lowest BCUT2D eigenvalue weighted by molar-refractivity contribution is 0.00578. The Hall–Kier alpha value is -2.36. The third-order valence-electron chi connectivity index (χ3n) is 5.17. The Kier molecular flexibility index (Phi) is 5.28. The number of rotatable bonds is 3. The maximum Gasteiger partial charge on any atom is 0.525 e. The largest absolute Gasteiger partial charge is 0.525 e. The molecule has 0 amide bonds. The van der Waals surface area contributed by atoms with Crippen LogP contribution < -0.4 is 0 Å². The summed E-state index contributed by atoms with van der Waals surface area (Å²) in [7, 11) is -1.01. The van der Waals surface area contributed by atoms with Gasteiger partial charge in [0.1, 0.15) is 12.3 Å². The monoisotopic (exact) mass is 366 g/mol. The first-order valence-corrected chi connectivity index (χ1v) is 8.99. The summed E-state index contributed by atoms with van der Waals surface area (Å²) in [5, 5.41) is 4.12. The van der Waals surface area contributed by atoms with Crippen molar-refractivity contribution in [3.63, 3.8) is 0 Å². The molecule has 0 saturated carbocycles. The molecule has 1 fully saturated rings. The van der Waals surface area contributed by atoms with Crippen LogP contribution in [0.25, 0.3) is 5.57 Å². The highest BCUT2D eigenvalue weighted by molar-refractivity contribution is 6.55. The number of allylic oxidation sites excluding steroid dienone is 1. The molecule has 6 heteroatoms. The first-order chi connectivity index (χ1) is 12.7.